The van der Waals surface area contributed by atoms with Gasteiger partial charge in [0.25, 0.3) is 5.97 Å². The van der Waals surface area contributed by atoms with Crippen LogP contribution in [0, 0.1) is 0 Å². The van der Waals surface area contributed by atoms with E-state index >= 15 is 0 Å². The van der Waals surface area contributed by atoms with Crippen LogP contribution in [0.25, 0.3) is 0 Å². The molecule has 2 aromatic carbocycles. The smallest absolute Gasteiger partial charge is 0.300 e. The van der Waals surface area contributed by atoms with Crippen LogP contribution in [-0.2, 0) is 4.79 Å². The first kappa shape index (κ1) is 25.8. The number of carboxylic acid groups (broad SMARTS) is 1. The van der Waals surface area contributed by atoms with Crippen molar-refractivity contribution in [2.24, 2.45) is 0 Å². The fourth-order valence-corrected chi connectivity index (χ4v) is 2.36. The van der Waals surface area contributed by atoms with Crippen LogP contribution >= 0.6 is 0 Å². The zero-order chi connectivity index (χ0) is 22.9. The predicted octanol–water partition coefficient (Wildman–Crippen LogP) is 4.74. The Labute approximate surface area is 170 Å². The van der Waals surface area contributed by atoms with Crippen molar-refractivity contribution in [2.45, 2.75) is 53.4 Å². The third-order valence-electron chi connectivity index (χ3n) is 3.78. The predicted molar refractivity (Wildman–Crippen MR) is 111 cm³/mol. The average Bonchev–Trinajstić information content (AvgIpc) is 2.53. The van der Waals surface area contributed by atoms with Crippen LogP contribution in [0.3, 0.4) is 0 Å². The summed E-state index contributed by atoms with van der Waals surface area (Å²) in [4.78, 5) is 20.1. The van der Waals surface area contributed by atoms with Crippen LogP contribution < -0.4 is 0 Å². The summed E-state index contributed by atoms with van der Waals surface area (Å²) in [6.07, 6.45) is 0. The van der Waals surface area contributed by atoms with E-state index in [-0.39, 0.29) is 46.2 Å². The molecule has 0 unspecified atom stereocenters. The first-order valence-electron chi connectivity index (χ1n) is 9.06. The summed E-state index contributed by atoms with van der Waals surface area (Å²) >= 11 is 0. The van der Waals surface area contributed by atoms with Crippen LogP contribution in [0.2, 0.25) is 0 Å². The van der Waals surface area contributed by atoms with E-state index in [9.17, 15) is 20.1 Å². The summed E-state index contributed by atoms with van der Waals surface area (Å²) < 4.78 is 0. The fraction of sp³-hybridized carbons (Fsp3) is 0.364. The molecule has 0 heterocycles. The lowest BCUT2D eigenvalue weighted by molar-refractivity contribution is -0.134. The molecule has 0 spiro atoms. The van der Waals surface area contributed by atoms with Gasteiger partial charge in [-0.05, 0) is 42.0 Å². The van der Waals surface area contributed by atoms with Gasteiger partial charge in [0.1, 0.15) is 23.0 Å². The number of aliphatic carboxylic acids is 1. The molecule has 0 amide bonds. The molecule has 0 aliphatic rings. The molecule has 0 aliphatic heterocycles. The molecule has 160 valence electrons. The molecule has 2 rings (SSSR count). The second kappa shape index (κ2) is 11.6. The number of ketones is 1. The Morgan fingerprint density at radius 2 is 1.17 bits per heavy atom. The van der Waals surface area contributed by atoms with Crippen molar-refractivity contribution >= 4 is 11.8 Å². The third-order valence-corrected chi connectivity index (χ3v) is 3.78. The summed E-state index contributed by atoms with van der Waals surface area (Å²) in [6, 6.07) is 7.42. The number of phenols is 4. The van der Waals surface area contributed by atoms with Gasteiger partial charge in [0.2, 0.25) is 0 Å². The second-order valence-corrected chi connectivity index (χ2v) is 7.06. The van der Waals surface area contributed by atoms with Gasteiger partial charge in [-0.2, -0.15) is 0 Å². The normalized spacial score (nSPS) is 9.93. The monoisotopic (exact) mass is 406 g/mol. The molecule has 0 fully saturated rings. The highest BCUT2D eigenvalue weighted by Crippen LogP contribution is 2.32. The number of aromatic hydroxyl groups is 4. The zero-order valence-electron chi connectivity index (χ0n) is 17.6. The van der Waals surface area contributed by atoms with Gasteiger partial charge in [0.05, 0.1) is 5.56 Å². The summed E-state index contributed by atoms with van der Waals surface area (Å²) in [5.74, 6) is -0.498. The zero-order valence-corrected chi connectivity index (χ0v) is 17.6. The quantitative estimate of drug-likeness (QED) is 0.465. The molecular weight excluding hydrogens is 376 g/mol. The molecule has 0 aliphatic carbocycles. The highest BCUT2D eigenvalue weighted by Gasteiger charge is 2.13. The molecule has 29 heavy (non-hydrogen) atoms. The standard InChI is InChI=1S/C11H14O3.C9H12O2.C2H4O2/c1-6(2)8-4-9(7(3)12)11(14)5-10(8)13;1-6(2)8-4-3-7(10)5-9(8)11;1-2(3)4/h4-6,13-14H,1-3H3;3-6,10-11H,1-2H3;1H3,(H,3,4). The summed E-state index contributed by atoms with van der Waals surface area (Å²) in [7, 11) is 0. The molecule has 0 saturated heterocycles. The second-order valence-electron chi connectivity index (χ2n) is 7.06. The Hall–Kier alpha value is -3.22. The number of carbonyl (C=O) groups excluding carboxylic acids is 1. The van der Waals surface area contributed by atoms with Crippen LogP contribution in [0.4, 0.5) is 0 Å². The number of hydrogen-bond donors (Lipinski definition) is 5. The highest BCUT2D eigenvalue weighted by atomic mass is 16.4. The number of hydrogen-bond acceptors (Lipinski definition) is 6. The Morgan fingerprint density at radius 1 is 0.724 bits per heavy atom. The van der Waals surface area contributed by atoms with Gasteiger partial charge >= 0.3 is 0 Å². The summed E-state index contributed by atoms with van der Waals surface area (Å²) in [5.41, 5.74) is 1.79. The van der Waals surface area contributed by atoms with Crippen LogP contribution in [0.1, 0.15) is 74.9 Å². The van der Waals surface area contributed by atoms with E-state index in [0.717, 1.165) is 12.5 Å². The van der Waals surface area contributed by atoms with E-state index in [1.165, 1.54) is 25.1 Å². The fourth-order valence-electron chi connectivity index (χ4n) is 2.36. The highest BCUT2D eigenvalue weighted by molar-refractivity contribution is 5.97. The number of benzene rings is 2. The van der Waals surface area contributed by atoms with E-state index in [1.807, 2.05) is 27.7 Å². The van der Waals surface area contributed by atoms with Gasteiger partial charge in [-0.1, -0.05) is 33.8 Å². The summed E-state index contributed by atoms with van der Waals surface area (Å²) in [6.45, 7) is 10.3. The molecule has 2 aromatic rings. The maximum absolute atomic E-state index is 11.1. The van der Waals surface area contributed by atoms with E-state index in [0.29, 0.717) is 5.56 Å². The Morgan fingerprint density at radius 3 is 1.55 bits per heavy atom. The summed E-state index contributed by atoms with van der Waals surface area (Å²) in [5, 5.41) is 44.6. The Bertz CT molecular complexity index is 835. The molecular formula is C22H30O7. The van der Waals surface area contributed by atoms with E-state index in [2.05, 4.69) is 0 Å². The first-order valence-corrected chi connectivity index (χ1v) is 9.06. The van der Waals surface area contributed by atoms with Crippen molar-refractivity contribution in [1.29, 1.82) is 0 Å². The number of rotatable bonds is 3. The van der Waals surface area contributed by atoms with Crippen molar-refractivity contribution in [3.63, 3.8) is 0 Å². The van der Waals surface area contributed by atoms with Crippen LogP contribution in [0.5, 0.6) is 23.0 Å². The minimum atomic E-state index is -0.833. The third kappa shape index (κ3) is 9.01. The van der Waals surface area contributed by atoms with Crippen LogP contribution in [0.15, 0.2) is 30.3 Å². The van der Waals surface area contributed by atoms with Crippen molar-refractivity contribution in [1.82, 2.24) is 0 Å². The lowest BCUT2D eigenvalue weighted by atomic mass is 9.97. The van der Waals surface area contributed by atoms with Crippen LogP contribution in [-0.4, -0.2) is 37.3 Å². The van der Waals surface area contributed by atoms with E-state index in [4.69, 9.17) is 15.0 Å². The Balaban J connectivity index is 0.000000466. The molecule has 0 bridgehead atoms. The maximum Gasteiger partial charge on any atom is 0.300 e. The van der Waals surface area contributed by atoms with E-state index in [1.54, 1.807) is 12.1 Å². The van der Waals surface area contributed by atoms with Crippen molar-refractivity contribution < 1.29 is 35.1 Å². The number of phenolic OH excluding ortho intramolecular Hbond substituents is 4. The minimum Gasteiger partial charge on any atom is -0.508 e. The molecule has 0 radical (unpaired) electrons. The molecule has 0 saturated carbocycles. The number of Topliss-reactive ketones (excluding diaryl/α,β-unsaturated/α-hetero) is 1. The molecule has 7 heteroatoms. The SMILES string of the molecule is CC(=O)O.CC(=O)c1cc(C(C)C)c(O)cc1O.CC(C)c1ccc(O)cc1O. The lowest BCUT2D eigenvalue weighted by Crippen LogP contribution is -1.97. The van der Waals surface area contributed by atoms with Gasteiger partial charge in [-0.25, -0.2) is 0 Å². The van der Waals surface area contributed by atoms with Gasteiger partial charge in [0.15, 0.2) is 5.78 Å². The maximum atomic E-state index is 11.1. The first-order chi connectivity index (χ1) is 13.3. The van der Waals surface area contributed by atoms with Gasteiger partial charge in [-0.3, -0.25) is 9.59 Å². The molecule has 5 N–H and O–H groups in total. The van der Waals surface area contributed by atoms with Gasteiger partial charge in [-0.15, -0.1) is 0 Å². The largest absolute Gasteiger partial charge is 0.508 e. The molecule has 0 atom stereocenters. The molecule has 0 aromatic heterocycles. The van der Waals surface area contributed by atoms with Gasteiger partial charge < -0.3 is 25.5 Å². The number of carbonyl (C=O) groups is 2. The lowest BCUT2D eigenvalue weighted by Gasteiger charge is -2.10. The Kier molecular flexibility index (Phi) is 10.3. The van der Waals surface area contributed by atoms with Crippen molar-refractivity contribution in [2.75, 3.05) is 0 Å². The van der Waals surface area contributed by atoms with Gasteiger partial charge in [0, 0.05) is 19.1 Å². The van der Waals surface area contributed by atoms with Crippen molar-refractivity contribution in [3.05, 3.63) is 47.0 Å². The molecule has 7 nitrogen and oxygen atoms in total. The van der Waals surface area contributed by atoms with E-state index < -0.39 is 5.97 Å². The van der Waals surface area contributed by atoms with Crippen molar-refractivity contribution in [3.8, 4) is 23.0 Å². The number of carboxylic acids is 1. The topological polar surface area (TPSA) is 135 Å². The average molecular weight is 406 g/mol. The minimum absolute atomic E-state index is 0.0301.